The number of nitrogens with zero attached hydrogens (tertiary/aromatic N) is 2. The molecule has 1 aliphatic carbocycles. The molecule has 2 atom stereocenters. The highest BCUT2D eigenvalue weighted by Crippen LogP contribution is 2.26. The fourth-order valence-corrected chi connectivity index (χ4v) is 3.27. The van der Waals surface area contributed by atoms with Crippen LogP contribution in [0, 0.1) is 5.92 Å². The molecule has 1 fully saturated rings. The molecule has 1 aliphatic rings. The van der Waals surface area contributed by atoms with Crippen molar-refractivity contribution in [1.82, 2.24) is 9.80 Å². The van der Waals surface area contributed by atoms with Crippen LogP contribution in [0.25, 0.3) is 0 Å². The van der Waals surface area contributed by atoms with Crippen molar-refractivity contribution >= 4 is 0 Å². The molecule has 0 aromatic carbocycles. The van der Waals surface area contributed by atoms with Gasteiger partial charge in [-0.15, -0.1) is 0 Å². The van der Waals surface area contributed by atoms with Crippen LogP contribution in [0.3, 0.4) is 0 Å². The van der Waals surface area contributed by atoms with Crippen LogP contribution in [-0.2, 0) is 0 Å². The molecule has 0 spiro atoms. The fraction of sp³-hybridized carbons (Fsp3) is 1.00. The molecule has 1 rings (SSSR count). The molecule has 0 radical (unpaired) electrons. The second-order valence-electron chi connectivity index (χ2n) is 5.99. The molecule has 0 bridgehead atoms. The Morgan fingerprint density at radius 2 is 1.78 bits per heavy atom. The van der Waals surface area contributed by atoms with E-state index in [1.54, 1.807) is 0 Å². The van der Waals surface area contributed by atoms with E-state index in [0.717, 1.165) is 18.5 Å². The van der Waals surface area contributed by atoms with Crippen molar-refractivity contribution in [3.63, 3.8) is 0 Å². The predicted octanol–water partition coefficient (Wildman–Crippen LogP) is 2.17. The van der Waals surface area contributed by atoms with Crippen LogP contribution in [0.15, 0.2) is 0 Å². The molecule has 0 aromatic rings. The summed E-state index contributed by atoms with van der Waals surface area (Å²) in [5, 5.41) is 0. The lowest BCUT2D eigenvalue weighted by Crippen LogP contribution is -2.43. The number of hydrogen-bond donors (Lipinski definition) is 1. The van der Waals surface area contributed by atoms with Crippen LogP contribution in [0.1, 0.15) is 45.4 Å². The highest BCUT2D eigenvalue weighted by atomic mass is 15.2. The molecular formula is C15H33N3. The molecule has 0 heterocycles. The van der Waals surface area contributed by atoms with Crippen LogP contribution < -0.4 is 5.73 Å². The first-order chi connectivity index (χ1) is 8.69. The minimum absolute atomic E-state index is 0.729. The van der Waals surface area contributed by atoms with Crippen molar-refractivity contribution in [2.75, 3.05) is 40.3 Å². The maximum Gasteiger partial charge on any atom is 0.0135 e. The van der Waals surface area contributed by atoms with E-state index in [0.29, 0.717) is 0 Å². The van der Waals surface area contributed by atoms with Crippen LogP contribution >= 0.6 is 0 Å². The molecule has 0 aliphatic heterocycles. The van der Waals surface area contributed by atoms with Crippen LogP contribution in [-0.4, -0.2) is 56.1 Å². The van der Waals surface area contributed by atoms with E-state index in [1.807, 2.05) is 0 Å². The third kappa shape index (κ3) is 5.25. The van der Waals surface area contributed by atoms with Crippen molar-refractivity contribution < 1.29 is 0 Å². The smallest absolute Gasteiger partial charge is 0.0135 e. The molecule has 108 valence electrons. The summed E-state index contributed by atoms with van der Waals surface area (Å²) in [7, 11) is 4.31. The average molecular weight is 255 g/mol. The second kappa shape index (κ2) is 8.89. The van der Waals surface area contributed by atoms with Crippen LogP contribution in [0.4, 0.5) is 0 Å². The van der Waals surface area contributed by atoms with E-state index in [9.17, 15) is 0 Å². The first-order valence-corrected chi connectivity index (χ1v) is 7.77. The van der Waals surface area contributed by atoms with Gasteiger partial charge in [0.2, 0.25) is 0 Å². The van der Waals surface area contributed by atoms with Gasteiger partial charge in [0.1, 0.15) is 0 Å². The van der Waals surface area contributed by atoms with Gasteiger partial charge in [-0.3, -0.25) is 0 Å². The van der Waals surface area contributed by atoms with Crippen LogP contribution in [0.2, 0.25) is 0 Å². The van der Waals surface area contributed by atoms with Crippen molar-refractivity contribution in [3.8, 4) is 0 Å². The van der Waals surface area contributed by atoms with Gasteiger partial charge in [-0.05, 0) is 65.5 Å². The molecule has 2 N–H and O–H groups in total. The summed E-state index contributed by atoms with van der Waals surface area (Å²) in [6, 6.07) is 0.740. The highest BCUT2D eigenvalue weighted by molar-refractivity contribution is 4.82. The van der Waals surface area contributed by atoms with Gasteiger partial charge in [0.05, 0.1) is 0 Å². The summed E-state index contributed by atoms with van der Waals surface area (Å²) in [5.74, 6) is 0.729. The normalized spacial score (nSPS) is 25.7. The summed E-state index contributed by atoms with van der Waals surface area (Å²) >= 11 is 0. The SMILES string of the molecule is CCN(CCCN(C)C)C1CCCCCC1CN. The topological polar surface area (TPSA) is 32.5 Å². The average Bonchev–Trinajstić information content (AvgIpc) is 2.59. The van der Waals surface area contributed by atoms with E-state index in [2.05, 4.69) is 30.8 Å². The molecule has 0 aromatic heterocycles. The van der Waals surface area contributed by atoms with Crippen molar-refractivity contribution in [1.29, 1.82) is 0 Å². The van der Waals surface area contributed by atoms with Crippen molar-refractivity contribution in [2.24, 2.45) is 11.7 Å². The number of hydrogen-bond acceptors (Lipinski definition) is 3. The maximum atomic E-state index is 6.00. The van der Waals surface area contributed by atoms with E-state index in [1.165, 1.54) is 58.2 Å². The van der Waals surface area contributed by atoms with Gasteiger partial charge in [-0.1, -0.05) is 26.2 Å². The second-order valence-corrected chi connectivity index (χ2v) is 5.99. The van der Waals surface area contributed by atoms with E-state index in [4.69, 9.17) is 5.73 Å². The van der Waals surface area contributed by atoms with E-state index >= 15 is 0 Å². The molecule has 0 amide bonds. The zero-order valence-electron chi connectivity index (χ0n) is 12.7. The Morgan fingerprint density at radius 1 is 1.06 bits per heavy atom. The molecule has 0 saturated heterocycles. The lowest BCUT2D eigenvalue weighted by Gasteiger charge is -2.35. The van der Waals surface area contributed by atoms with Gasteiger partial charge in [0, 0.05) is 6.04 Å². The fourth-order valence-electron chi connectivity index (χ4n) is 3.27. The van der Waals surface area contributed by atoms with Gasteiger partial charge in [0.25, 0.3) is 0 Å². The standard InChI is InChI=1S/C15H33N3/c1-4-18(12-8-11-17(2)3)15-10-7-5-6-9-14(15)13-16/h14-15H,4-13,16H2,1-3H3. The van der Waals surface area contributed by atoms with Gasteiger partial charge in [-0.2, -0.15) is 0 Å². The first-order valence-electron chi connectivity index (χ1n) is 7.77. The molecule has 1 saturated carbocycles. The molecule has 3 heteroatoms. The van der Waals surface area contributed by atoms with Crippen molar-refractivity contribution in [3.05, 3.63) is 0 Å². The van der Waals surface area contributed by atoms with Gasteiger partial charge < -0.3 is 15.5 Å². The lowest BCUT2D eigenvalue weighted by molar-refractivity contribution is 0.137. The monoisotopic (exact) mass is 255 g/mol. The molecular weight excluding hydrogens is 222 g/mol. The predicted molar refractivity (Wildman–Crippen MR) is 79.8 cm³/mol. The number of rotatable bonds is 7. The van der Waals surface area contributed by atoms with E-state index < -0.39 is 0 Å². The molecule has 18 heavy (non-hydrogen) atoms. The zero-order valence-corrected chi connectivity index (χ0v) is 12.7. The summed E-state index contributed by atoms with van der Waals surface area (Å²) in [6.07, 6.45) is 8.15. The Labute approximate surface area is 114 Å². The maximum absolute atomic E-state index is 6.00. The van der Waals surface area contributed by atoms with Crippen LogP contribution in [0.5, 0.6) is 0 Å². The Morgan fingerprint density at radius 3 is 2.39 bits per heavy atom. The third-order valence-corrected chi connectivity index (χ3v) is 4.35. The van der Waals surface area contributed by atoms with Gasteiger partial charge >= 0.3 is 0 Å². The minimum Gasteiger partial charge on any atom is -0.330 e. The Kier molecular flexibility index (Phi) is 7.87. The Balaban J connectivity index is 2.48. The molecule has 2 unspecified atom stereocenters. The number of nitrogens with two attached hydrogens (primary N) is 1. The summed E-state index contributed by atoms with van der Waals surface area (Å²) in [6.45, 7) is 6.77. The lowest BCUT2D eigenvalue weighted by atomic mass is 9.93. The van der Waals surface area contributed by atoms with Crippen molar-refractivity contribution in [2.45, 2.75) is 51.5 Å². The van der Waals surface area contributed by atoms with E-state index in [-0.39, 0.29) is 0 Å². The minimum atomic E-state index is 0.729. The third-order valence-electron chi connectivity index (χ3n) is 4.35. The summed E-state index contributed by atoms with van der Waals surface area (Å²) < 4.78 is 0. The largest absolute Gasteiger partial charge is 0.330 e. The molecule has 3 nitrogen and oxygen atoms in total. The Bertz CT molecular complexity index is 206. The van der Waals surface area contributed by atoms with Gasteiger partial charge in [-0.25, -0.2) is 0 Å². The summed E-state index contributed by atoms with van der Waals surface area (Å²) in [5.41, 5.74) is 6.00. The highest BCUT2D eigenvalue weighted by Gasteiger charge is 2.26. The first kappa shape index (κ1) is 15.9. The zero-order chi connectivity index (χ0) is 13.4. The Hall–Kier alpha value is -0.120. The summed E-state index contributed by atoms with van der Waals surface area (Å²) in [4.78, 5) is 4.97. The van der Waals surface area contributed by atoms with Gasteiger partial charge in [0.15, 0.2) is 0 Å². The quantitative estimate of drug-likeness (QED) is 0.708.